The Morgan fingerprint density at radius 2 is 2.14 bits per heavy atom. The highest BCUT2D eigenvalue weighted by Gasteiger charge is 2.33. The maximum absolute atomic E-state index is 12.8. The molecule has 0 saturated carbocycles. The molecular formula is C14H21N5O2S. The fourth-order valence-corrected chi connectivity index (χ4v) is 4.72. The maximum atomic E-state index is 12.8. The van der Waals surface area contributed by atoms with Gasteiger partial charge in [0.15, 0.2) is 0 Å². The summed E-state index contributed by atoms with van der Waals surface area (Å²) < 4.78 is 28.8. The van der Waals surface area contributed by atoms with E-state index < -0.39 is 10.0 Å². The Kier molecular flexibility index (Phi) is 3.82. The summed E-state index contributed by atoms with van der Waals surface area (Å²) in [5.74, 6) is 0.995. The quantitative estimate of drug-likeness (QED) is 0.923. The van der Waals surface area contributed by atoms with Gasteiger partial charge < -0.3 is 4.98 Å². The summed E-state index contributed by atoms with van der Waals surface area (Å²) in [7, 11) is -1.76. The summed E-state index contributed by atoms with van der Waals surface area (Å²) in [5, 5.41) is 4.15. The molecule has 0 bridgehead atoms. The van der Waals surface area contributed by atoms with Crippen LogP contribution in [-0.4, -0.2) is 45.6 Å². The Bertz CT molecular complexity index is 777. The average molecular weight is 323 g/mol. The fraction of sp³-hybridized carbons (Fsp3) is 0.571. The maximum Gasteiger partial charge on any atom is 0.246 e. The van der Waals surface area contributed by atoms with Crippen LogP contribution in [-0.2, 0) is 17.1 Å². The lowest BCUT2D eigenvalue weighted by Crippen LogP contribution is -2.39. The van der Waals surface area contributed by atoms with Gasteiger partial charge in [0.05, 0.1) is 5.69 Å². The zero-order valence-corrected chi connectivity index (χ0v) is 13.9. The minimum atomic E-state index is -3.50. The van der Waals surface area contributed by atoms with Crippen LogP contribution < -0.4 is 0 Å². The first-order chi connectivity index (χ1) is 10.4. The highest BCUT2D eigenvalue weighted by molar-refractivity contribution is 7.89. The monoisotopic (exact) mass is 323 g/mol. The second kappa shape index (κ2) is 5.51. The summed E-state index contributed by atoms with van der Waals surface area (Å²) in [5.41, 5.74) is 1.54. The van der Waals surface area contributed by atoms with Gasteiger partial charge in [-0.3, -0.25) is 4.68 Å². The predicted octanol–water partition coefficient (Wildman–Crippen LogP) is 1.33. The van der Waals surface area contributed by atoms with Crippen molar-refractivity contribution in [3.8, 4) is 0 Å². The number of hydrogen-bond donors (Lipinski definition) is 1. The summed E-state index contributed by atoms with van der Waals surface area (Å²) in [6.07, 6.45) is 5.15. The van der Waals surface area contributed by atoms with E-state index in [-0.39, 0.29) is 5.92 Å². The van der Waals surface area contributed by atoms with Gasteiger partial charge in [-0.25, -0.2) is 13.4 Å². The zero-order valence-electron chi connectivity index (χ0n) is 13.1. The van der Waals surface area contributed by atoms with E-state index in [0.29, 0.717) is 23.7 Å². The first-order valence-electron chi connectivity index (χ1n) is 7.40. The van der Waals surface area contributed by atoms with Gasteiger partial charge in [0.1, 0.15) is 10.7 Å². The molecule has 7 nitrogen and oxygen atoms in total. The number of hydrogen-bond acceptors (Lipinski definition) is 4. The van der Waals surface area contributed by atoms with E-state index in [1.54, 1.807) is 35.4 Å². The van der Waals surface area contributed by atoms with E-state index in [0.717, 1.165) is 24.4 Å². The van der Waals surface area contributed by atoms with Crippen LogP contribution in [0.5, 0.6) is 0 Å². The Balaban J connectivity index is 1.86. The number of aromatic nitrogens is 4. The third-order valence-corrected chi connectivity index (χ3v) is 6.05. The van der Waals surface area contributed by atoms with Crippen LogP contribution in [0.15, 0.2) is 17.3 Å². The smallest absolute Gasteiger partial charge is 0.246 e. The average Bonchev–Trinajstić information content (AvgIpc) is 3.05. The molecule has 2 aromatic heterocycles. The molecule has 1 atom stereocenters. The highest BCUT2D eigenvalue weighted by Crippen LogP contribution is 2.29. The molecule has 1 N–H and O–H groups in total. The second-order valence-corrected chi connectivity index (χ2v) is 7.81. The molecule has 3 heterocycles. The van der Waals surface area contributed by atoms with Crippen molar-refractivity contribution in [2.24, 2.45) is 7.05 Å². The normalized spacial score (nSPS) is 20.4. The zero-order chi connectivity index (χ0) is 15.9. The van der Waals surface area contributed by atoms with Crippen molar-refractivity contribution in [1.82, 2.24) is 24.1 Å². The molecule has 2 aromatic rings. The number of aryl methyl sites for hydroxylation is 3. The van der Waals surface area contributed by atoms with Gasteiger partial charge in [0, 0.05) is 44.1 Å². The second-order valence-electron chi connectivity index (χ2n) is 5.91. The standard InChI is InChI=1S/C14H21N5O2S/c1-10-7-15-14(16-10)12-5-4-6-19(8-12)22(20,21)13-9-18(3)17-11(13)2/h7,9,12H,4-6,8H2,1-3H3,(H,15,16). The molecule has 3 rings (SSSR count). The van der Waals surface area contributed by atoms with Crippen molar-refractivity contribution < 1.29 is 8.42 Å². The molecule has 22 heavy (non-hydrogen) atoms. The van der Waals surface area contributed by atoms with Crippen molar-refractivity contribution >= 4 is 10.0 Å². The van der Waals surface area contributed by atoms with Crippen LogP contribution in [0.4, 0.5) is 0 Å². The van der Waals surface area contributed by atoms with E-state index in [9.17, 15) is 8.42 Å². The lowest BCUT2D eigenvalue weighted by atomic mass is 9.99. The summed E-state index contributed by atoms with van der Waals surface area (Å²) in [6.45, 7) is 4.69. The minimum Gasteiger partial charge on any atom is -0.346 e. The van der Waals surface area contributed by atoms with E-state index in [4.69, 9.17) is 0 Å². The molecule has 0 amide bonds. The number of H-pyrrole nitrogens is 1. The van der Waals surface area contributed by atoms with Gasteiger partial charge >= 0.3 is 0 Å². The first-order valence-corrected chi connectivity index (χ1v) is 8.84. The Morgan fingerprint density at radius 1 is 1.36 bits per heavy atom. The molecule has 0 spiro atoms. The molecule has 0 aromatic carbocycles. The van der Waals surface area contributed by atoms with Crippen LogP contribution in [0.25, 0.3) is 0 Å². The van der Waals surface area contributed by atoms with Gasteiger partial charge in [0.2, 0.25) is 10.0 Å². The van der Waals surface area contributed by atoms with Crippen molar-refractivity contribution in [3.63, 3.8) is 0 Å². The molecular weight excluding hydrogens is 302 g/mol. The van der Waals surface area contributed by atoms with Crippen molar-refractivity contribution in [2.45, 2.75) is 37.5 Å². The number of nitrogens with zero attached hydrogens (tertiary/aromatic N) is 4. The number of rotatable bonds is 3. The SMILES string of the molecule is Cc1cnc(C2CCCN(S(=O)(=O)c3cn(C)nc3C)C2)[nH]1. The minimum absolute atomic E-state index is 0.120. The van der Waals surface area contributed by atoms with Crippen molar-refractivity contribution in [1.29, 1.82) is 0 Å². The van der Waals surface area contributed by atoms with Crippen LogP contribution >= 0.6 is 0 Å². The van der Waals surface area contributed by atoms with Crippen LogP contribution in [0, 0.1) is 13.8 Å². The summed E-state index contributed by atoms with van der Waals surface area (Å²) in [6, 6.07) is 0. The molecule has 1 saturated heterocycles. The van der Waals surface area contributed by atoms with E-state index in [2.05, 4.69) is 15.1 Å². The van der Waals surface area contributed by atoms with Gasteiger partial charge in [-0.15, -0.1) is 0 Å². The van der Waals surface area contributed by atoms with Gasteiger partial charge in [-0.1, -0.05) is 0 Å². The van der Waals surface area contributed by atoms with Gasteiger partial charge in [-0.05, 0) is 26.7 Å². The van der Waals surface area contributed by atoms with Crippen molar-refractivity contribution in [2.75, 3.05) is 13.1 Å². The lowest BCUT2D eigenvalue weighted by Gasteiger charge is -2.30. The number of sulfonamides is 1. The van der Waals surface area contributed by atoms with Gasteiger partial charge in [-0.2, -0.15) is 9.40 Å². The fourth-order valence-electron chi connectivity index (χ4n) is 2.99. The molecule has 1 aliphatic rings. The number of imidazole rings is 1. The molecule has 120 valence electrons. The molecule has 1 fully saturated rings. The molecule has 0 aliphatic carbocycles. The van der Waals surface area contributed by atoms with E-state index in [1.165, 1.54) is 0 Å². The molecule has 1 aliphatic heterocycles. The number of aromatic amines is 1. The summed E-state index contributed by atoms with van der Waals surface area (Å²) >= 11 is 0. The van der Waals surface area contributed by atoms with Crippen LogP contribution in [0.2, 0.25) is 0 Å². The van der Waals surface area contributed by atoms with Crippen molar-refractivity contribution in [3.05, 3.63) is 29.6 Å². The van der Waals surface area contributed by atoms with Crippen LogP contribution in [0.1, 0.15) is 36.0 Å². The predicted molar refractivity (Wildman–Crippen MR) is 82.0 cm³/mol. The third kappa shape index (κ3) is 2.68. The van der Waals surface area contributed by atoms with E-state index >= 15 is 0 Å². The van der Waals surface area contributed by atoms with Gasteiger partial charge in [0.25, 0.3) is 0 Å². The highest BCUT2D eigenvalue weighted by atomic mass is 32.2. The lowest BCUT2D eigenvalue weighted by molar-refractivity contribution is 0.310. The Hall–Kier alpha value is -1.67. The van der Waals surface area contributed by atoms with E-state index in [1.807, 2.05) is 6.92 Å². The number of nitrogens with one attached hydrogen (secondary N) is 1. The topological polar surface area (TPSA) is 83.9 Å². The third-order valence-electron chi connectivity index (χ3n) is 4.08. The number of piperidine rings is 1. The first kappa shape index (κ1) is 15.2. The molecule has 0 radical (unpaired) electrons. The largest absolute Gasteiger partial charge is 0.346 e. The van der Waals surface area contributed by atoms with Crippen LogP contribution in [0.3, 0.4) is 0 Å². The summed E-state index contributed by atoms with van der Waals surface area (Å²) in [4.78, 5) is 7.88. The molecule has 1 unspecified atom stereocenters. The Morgan fingerprint density at radius 3 is 2.73 bits per heavy atom. The molecule has 8 heteroatoms. The Labute approximate surface area is 130 Å².